The van der Waals surface area contributed by atoms with Gasteiger partial charge in [0.25, 0.3) is 0 Å². The van der Waals surface area contributed by atoms with Gasteiger partial charge in [0.15, 0.2) is 0 Å². The fourth-order valence-corrected chi connectivity index (χ4v) is 2.79. The molecule has 1 aliphatic rings. The monoisotopic (exact) mass is 212 g/mol. The predicted molar refractivity (Wildman–Crippen MR) is 61.7 cm³/mol. The van der Waals surface area contributed by atoms with Gasteiger partial charge >= 0.3 is 5.97 Å². The summed E-state index contributed by atoms with van der Waals surface area (Å²) >= 11 is 0. The molecule has 0 aromatic heterocycles. The van der Waals surface area contributed by atoms with E-state index < -0.39 is 5.97 Å². The Balaban J connectivity index is 2.32. The van der Waals surface area contributed by atoms with Crippen molar-refractivity contribution in [2.45, 2.75) is 52.9 Å². The first-order chi connectivity index (χ1) is 7.00. The third-order valence-corrected chi connectivity index (χ3v) is 3.79. The van der Waals surface area contributed by atoms with Gasteiger partial charge in [-0.2, -0.15) is 0 Å². The van der Waals surface area contributed by atoms with Crippen LogP contribution in [0.2, 0.25) is 0 Å². The Labute approximate surface area is 93.1 Å². The highest BCUT2D eigenvalue weighted by Crippen LogP contribution is 2.36. The highest BCUT2D eigenvalue weighted by atomic mass is 16.4. The fourth-order valence-electron chi connectivity index (χ4n) is 2.79. The maximum atomic E-state index is 10.9. The Morgan fingerprint density at radius 2 is 1.73 bits per heavy atom. The molecule has 0 aliphatic heterocycles. The third-order valence-electron chi connectivity index (χ3n) is 3.79. The highest BCUT2D eigenvalue weighted by molar-refractivity contribution is 5.69. The van der Waals surface area contributed by atoms with Crippen LogP contribution in [-0.4, -0.2) is 11.1 Å². The van der Waals surface area contributed by atoms with E-state index in [4.69, 9.17) is 5.11 Å². The zero-order valence-electron chi connectivity index (χ0n) is 10.2. The molecule has 0 unspecified atom stereocenters. The number of hydrogen-bond donors (Lipinski definition) is 1. The van der Waals surface area contributed by atoms with Crippen LogP contribution in [0, 0.1) is 23.7 Å². The smallest absolute Gasteiger partial charge is 0.306 e. The van der Waals surface area contributed by atoms with E-state index in [1.165, 1.54) is 19.3 Å². The second kappa shape index (κ2) is 5.53. The Kier molecular flexibility index (Phi) is 4.62. The minimum absolute atomic E-state index is 0.148. The molecule has 1 rings (SSSR count). The van der Waals surface area contributed by atoms with Gasteiger partial charge in [0.1, 0.15) is 0 Å². The lowest BCUT2D eigenvalue weighted by molar-refractivity contribution is -0.143. The van der Waals surface area contributed by atoms with Gasteiger partial charge in [-0.25, -0.2) is 0 Å². The van der Waals surface area contributed by atoms with Crippen molar-refractivity contribution < 1.29 is 9.90 Å². The number of carbonyl (C=O) groups is 1. The van der Waals surface area contributed by atoms with Crippen molar-refractivity contribution in [1.82, 2.24) is 0 Å². The zero-order chi connectivity index (χ0) is 11.4. The van der Waals surface area contributed by atoms with E-state index in [0.29, 0.717) is 5.92 Å². The van der Waals surface area contributed by atoms with Crippen LogP contribution in [0.3, 0.4) is 0 Å². The van der Waals surface area contributed by atoms with Crippen molar-refractivity contribution >= 4 is 5.97 Å². The van der Waals surface area contributed by atoms with Crippen molar-refractivity contribution in [3.63, 3.8) is 0 Å². The zero-order valence-corrected chi connectivity index (χ0v) is 10.2. The van der Waals surface area contributed by atoms with Gasteiger partial charge < -0.3 is 5.11 Å². The Morgan fingerprint density at radius 1 is 1.20 bits per heavy atom. The molecule has 0 spiro atoms. The molecule has 0 radical (unpaired) electrons. The van der Waals surface area contributed by atoms with E-state index in [0.717, 1.165) is 24.7 Å². The number of hydrogen-bond acceptors (Lipinski definition) is 1. The summed E-state index contributed by atoms with van der Waals surface area (Å²) in [7, 11) is 0. The van der Waals surface area contributed by atoms with Crippen molar-refractivity contribution in [1.29, 1.82) is 0 Å². The molecule has 0 amide bonds. The summed E-state index contributed by atoms with van der Waals surface area (Å²) in [6, 6.07) is 0. The molecule has 1 atom stereocenters. The summed E-state index contributed by atoms with van der Waals surface area (Å²) < 4.78 is 0. The number of carboxylic acids is 1. The largest absolute Gasteiger partial charge is 0.481 e. The van der Waals surface area contributed by atoms with Crippen LogP contribution in [-0.2, 0) is 4.79 Å². The van der Waals surface area contributed by atoms with Crippen LogP contribution in [0.1, 0.15) is 52.9 Å². The number of carboxylic acid groups (broad SMARTS) is 1. The standard InChI is InChI=1S/C13H24O2/c1-9(2)8-11-4-6-12(7-5-11)10(3)13(14)15/h9-12H,4-8H2,1-3H3,(H,14,15)/t10-,11?,12?/m1/s1. The van der Waals surface area contributed by atoms with Gasteiger partial charge in [-0.15, -0.1) is 0 Å². The lowest BCUT2D eigenvalue weighted by Crippen LogP contribution is -2.25. The molecular formula is C13H24O2. The van der Waals surface area contributed by atoms with Gasteiger partial charge in [0.2, 0.25) is 0 Å². The molecule has 1 N–H and O–H groups in total. The van der Waals surface area contributed by atoms with Gasteiger partial charge in [0.05, 0.1) is 5.92 Å². The van der Waals surface area contributed by atoms with E-state index in [-0.39, 0.29) is 5.92 Å². The van der Waals surface area contributed by atoms with E-state index in [9.17, 15) is 4.79 Å². The molecule has 1 saturated carbocycles. The predicted octanol–water partition coefficient (Wildman–Crippen LogP) is 3.56. The van der Waals surface area contributed by atoms with Crippen LogP contribution in [0.4, 0.5) is 0 Å². The molecule has 88 valence electrons. The van der Waals surface area contributed by atoms with Crippen LogP contribution in [0.25, 0.3) is 0 Å². The minimum atomic E-state index is -0.623. The molecule has 0 heterocycles. The van der Waals surface area contributed by atoms with E-state index in [1.807, 2.05) is 6.92 Å². The Bertz CT molecular complexity index is 203. The molecule has 0 saturated heterocycles. The lowest BCUT2D eigenvalue weighted by Gasteiger charge is -2.31. The van der Waals surface area contributed by atoms with Gasteiger partial charge in [-0.3, -0.25) is 4.79 Å². The normalized spacial score (nSPS) is 29.1. The fraction of sp³-hybridized carbons (Fsp3) is 0.923. The van der Waals surface area contributed by atoms with Gasteiger partial charge in [-0.1, -0.05) is 33.6 Å². The molecule has 1 aliphatic carbocycles. The lowest BCUT2D eigenvalue weighted by atomic mass is 9.74. The quantitative estimate of drug-likeness (QED) is 0.773. The molecule has 15 heavy (non-hydrogen) atoms. The van der Waals surface area contributed by atoms with E-state index in [1.54, 1.807) is 0 Å². The van der Waals surface area contributed by atoms with Crippen LogP contribution < -0.4 is 0 Å². The second-order valence-electron chi connectivity index (χ2n) is 5.54. The average molecular weight is 212 g/mol. The van der Waals surface area contributed by atoms with E-state index in [2.05, 4.69) is 13.8 Å². The minimum Gasteiger partial charge on any atom is -0.481 e. The maximum absolute atomic E-state index is 10.9. The molecular weight excluding hydrogens is 188 g/mol. The van der Waals surface area contributed by atoms with Gasteiger partial charge in [-0.05, 0) is 37.0 Å². The van der Waals surface area contributed by atoms with E-state index >= 15 is 0 Å². The van der Waals surface area contributed by atoms with Crippen molar-refractivity contribution in [3.05, 3.63) is 0 Å². The van der Waals surface area contributed by atoms with Gasteiger partial charge in [0, 0.05) is 0 Å². The Hall–Kier alpha value is -0.530. The number of rotatable bonds is 4. The summed E-state index contributed by atoms with van der Waals surface area (Å²) in [6.45, 7) is 6.40. The summed E-state index contributed by atoms with van der Waals surface area (Å²) in [5.74, 6) is 1.28. The third kappa shape index (κ3) is 3.84. The molecule has 2 nitrogen and oxygen atoms in total. The second-order valence-corrected chi connectivity index (χ2v) is 5.54. The first kappa shape index (κ1) is 12.5. The summed E-state index contributed by atoms with van der Waals surface area (Å²) in [5, 5.41) is 8.95. The number of aliphatic carboxylic acids is 1. The van der Waals surface area contributed by atoms with Crippen molar-refractivity contribution in [2.24, 2.45) is 23.7 Å². The first-order valence-corrected chi connectivity index (χ1v) is 6.23. The molecule has 2 heteroatoms. The summed E-state index contributed by atoms with van der Waals surface area (Å²) in [5.41, 5.74) is 0. The topological polar surface area (TPSA) is 37.3 Å². The summed E-state index contributed by atoms with van der Waals surface area (Å²) in [4.78, 5) is 10.9. The molecule has 1 fully saturated rings. The Morgan fingerprint density at radius 3 is 2.13 bits per heavy atom. The van der Waals surface area contributed by atoms with Crippen LogP contribution in [0.15, 0.2) is 0 Å². The first-order valence-electron chi connectivity index (χ1n) is 6.23. The maximum Gasteiger partial charge on any atom is 0.306 e. The molecule has 0 bridgehead atoms. The van der Waals surface area contributed by atoms with Crippen molar-refractivity contribution in [2.75, 3.05) is 0 Å². The molecule has 0 aromatic rings. The van der Waals surface area contributed by atoms with Crippen LogP contribution in [0.5, 0.6) is 0 Å². The summed E-state index contributed by atoms with van der Waals surface area (Å²) in [6.07, 6.45) is 6.02. The SMILES string of the molecule is CC(C)CC1CCC([C@@H](C)C(=O)O)CC1. The average Bonchev–Trinajstić information content (AvgIpc) is 2.17. The van der Waals surface area contributed by atoms with Crippen LogP contribution >= 0.6 is 0 Å². The molecule has 0 aromatic carbocycles. The van der Waals surface area contributed by atoms with Crippen molar-refractivity contribution in [3.8, 4) is 0 Å². The highest BCUT2D eigenvalue weighted by Gasteiger charge is 2.28.